The van der Waals surface area contributed by atoms with E-state index in [1.807, 2.05) is 25.1 Å². The standard InChI is InChI=1S/C16H24N2O4S/c1-3-23(19,20)18-11-16(12-18)9-15(7-8-22-16)21-10-14-6-4-5-13(2)17-14/h4-6,15H,3,7-12H2,1-2H3/t15-/m1/s1. The minimum Gasteiger partial charge on any atom is -0.372 e. The van der Waals surface area contributed by atoms with Crippen LogP contribution in [0.1, 0.15) is 31.2 Å². The molecular formula is C16H24N2O4S. The molecule has 3 rings (SSSR count). The zero-order chi connectivity index (χ0) is 16.5. The van der Waals surface area contributed by atoms with Gasteiger partial charge in [-0.05, 0) is 32.4 Å². The lowest BCUT2D eigenvalue weighted by Crippen LogP contribution is -2.67. The molecule has 0 aromatic carbocycles. The van der Waals surface area contributed by atoms with Gasteiger partial charge >= 0.3 is 0 Å². The molecule has 6 nitrogen and oxygen atoms in total. The maximum Gasteiger partial charge on any atom is 0.214 e. The number of ether oxygens (including phenoxy) is 2. The van der Waals surface area contributed by atoms with Gasteiger partial charge < -0.3 is 9.47 Å². The first-order valence-electron chi connectivity index (χ1n) is 8.08. The van der Waals surface area contributed by atoms with Gasteiger partial charge in [0.25, 0.3) is 0 Å². The number of rotatable bonds is 5. The van der Waals surface area contributed by atoms with Crippen molar-refractivity contribution in [2.24, 2.45) is 0 Å². The maximum absolute atomic E-state index is 11.9. The smallest absolute Gasteiger partial charge is 0.214 e. The third kappa shape index (κ3) is 3.74. The second-order valence-electron chi connectivity index (χ2n) is 6.40. The first-order chi connectivity index (χ1) is 10.9. The summed E-state index contributed by atoms with van der Waals surface area (Å²) in [6.45, 7) is 5.63. The van der Waals surface area contributed by atoms with Crippen molar-refractivity contribution in [1.29, 1.82) is 0 Å². The molecule has 0 unspecified atom stereocenters. The van der Waals surface area contributed by atoms with Crippen LogP contribution in [0.3, 0.4) is 0 Å². The number of hydrogen-bond acceptors (Lipinski definition) is 5. The van der Waals surface area contributed by atoms with Gasteiger partial charge in [0.15, 0.2) is 0 Å². The minimum atomic E-state index is -3.11. The van der Waals surface area contributed by atoms with Gasteiger partial charge in [-0.3, -0.25) is 4.98 Å². The molecule has 1 spiro atoms. The summed E-state index contributed by atoms with van der Waals surface area (Å²) in [6, 6.07) is 5.90. The molecule has 0 aliphatic carbocycles. The Morgan fingerprint density at radius 2 is 2.22 bits per heavy atom. The Balaban J connectivity index is 1.53. The van der Waals surface area contributed by atoms with Gasteiger partial charge in [0.05, 0.1) is 29.8 Å². The third-order valence-corrected chi connectivity index (χ3v) is 6.32. The number of pyridine rings is 1. The average molecular weight is 340 g/mol. The Morgan fingerprint density at radius 3 is 2.91 bits per heavy atom. The normalized spacial score (nSPS) is 24.5. The molecular weight excluding hydrogens is 316 g/mol. The molecule has 2 saturated heterocycles. The third-order valence-electron chi connectivity index (χ3n) is 4.55. The molecule has 2 aliphatic heterocycles. The van der Waals surface area contributed by atoms with Gasteiger partial charge in [0, 0.05) is 31.8 Å². The molecule has 0 bridgehead atoms. The van der Waals surface area contributed by atoms with Gasteiger partial charge in [-0.2, -0.15) is 4.31 Å². The Morgan fingerprint density at radius 1 is 1.43 bits per heavy atom. The monoisotopic (exact) mass is 340 g/mol. The zero-order valence-corrected chi connectivity index (χ0v) is 14.5. The van der Waals surface area contributed by atoms with Crippen molar-refractivity contribution >= 4 is 10.0 Å². The molecule has 23 heavy (non-hydrogen) atoms. The van der Waals surface area contributed by atoms with E-state index in [1.54, 1.807) is 6.92 Å². The lowest BCUT2D eigenvalue weighted by molar-refractivity contribution is -0.180. The molecule has 1 aromatic heterocycles. The van der Waals surface area contributed by atoms with Crippen molar-refractivity contribution in [3.63, 3.8) is 0 Å². The minimum absolute atomic E-state index is 0.0949. The van der Waals surface area contributed by atoms with Crippen LogP contribution < -0.4 is 0 Å². The van der Waals surface area contributed by atoms with Crippen LogP contribution in [-0.2, 0) is 26.1 Å². The van der Waals surface area contributed by atoms with Crippen LogP contribution in [0.5, 0.6) is 0 Å². The molecule has 128 valence electrons. The van der Waals surface area contributed by atoms with E-state index in [4.69, 9.17) is 9.47 Å². The summed E-state index contributed by atoms with van der Waals surface area (Å²) in [5, 5.41) is 0. The summed E-state index contributed by atoms with van der Waals surface area (Å²) in [6.07, 6.45) is 1.68. The Labute approximate surface area is 137 Å². The van der Waals surface area contributed by atoms with E-state index < -0.39 is 10.0 Å². The first-order valence-corrected chi connectivity index (χ1v) is 9.69. The van der Waals surface area contributed by atoms with Crippen molar-refractivity contribution in [2.75, 3.05) is 25.4 Å². The predicted molar refractivity (Wildman–Crippen MR) is 86.5 cm³/mol. The maximum atomic E-state index is 11.9. The SMILES string of the molecule is CCS(=O)(=O)N1CC2(C[C@H](OCc3cccc(C)n3)CCO2)C1. The van der Waals surface area contributed by atoms with Crippen LogP contribution in [0.4, 0.5) is 0 Å². The Kier molecular flexibility index (Phi) is 4.73. The van der Waals surface area contributed by atoms with Crippen molar-refractivity contribution in [1.82, 2.24) is 9.29 Å². The molecule has 3 heterocycles. The van der Waals surface area contributed by atoms with E-state index in [-0.39, 0.29) is 17.5 Å². The highest BCUT2D eigenvalue weighted by atomic mass is 32.2. The lowest BCUT2D eigenvalue weighted by atomic mass is 9.86. The van der Waals surface area contributed by atoms with Crippen LogP contribution in [0.2, 0.25) is 0 Å². The summed E-state index contributed by atoms with van der Waals surface area (Å²) in [7, 11) is -3.11. The van der Waals surface area contributed by atoms with Crippen molar-refractivity contribution in [3.05, 3.63) is 29.6 Å². The number of sulfonamides is 1. The summed E-state index contributed by atoms with van der Waals surface area (Å²) in [5.74, 6) is 0.141. The van der Waals surface area contributed by atoms with E-state index in [0.717, 1.165) is 24.2 Å². The van der Waals surface area contributed by atoms with E-state index in [2.05, 4.69) is 4.98 Å². The summed E-state index contributed by atoms with van der Waals surface area (Å²) >= 11 is 0. The molecule has 2 aliphatic rings. The fourth-order valence-corrected chi connectivity index (χ4v) is 4.43. The highest BCUT2D eigenvalue weighted by molar-refractivity contribution is 7.89. The zero-order valence-electron chi connectivity index (χ0n) is 13.7. The van der Waals surface area contributed by atoms with Crippen LogP contribution in [0.15, 0.2) is 18.2 Å². The first kappa shape index (κ1) is 16.8. The van der Waals surface area contributed by atoms with E-state index in [1.165, 1.54) is 4.31 Å². The summed E-state index contributed by atoms with van der Waals surface area (Å²) < 4.78 is 37.1. The molecule has 1 atom stereocenters. The second kappa shape index (κ2) is 6.47. The average Bonchev–Trinajstić information content (AvgIpc) is 2.51. The number of hydrogen-bond donors (Lipinski definition) is 0. The predicted octanol–water partition coefficient (Wildman–Crippen LogP) is 1.49. The van der Waals surface area contributed by atoms with E-state index in [9.17, 15) is 8.42 Å². The molecule has 1 aromatic rings. The summed E-state index contributed by atoms with van der Waals surface area (Å²) in [5.41, 5.74) is 1.55. The van der Waals surface area contributed by atoms with Crippen molar-refractivity contribution in [3.8, 4) is 0 Å². The molecule has 0 N–H and O–H groups in total. The van der Waals surface area contributed by atoms with Crippen LogP contribution >= 0.6 is 0 Å². The number of nitrogens with zero attached hydrogens (tertiary/aromatic N) is 2. The van der Waals surface area contributed by atoms with Crippen LogP contribution in [-0.4, -0.2) is 54.9 Å². The van der Waals surface area contributed by atoms with Crippen molar-refractivity contribution in [2.45, 2.75) is 45.0 Å². The van der Waals surface area contributed by atoms with Gasteiger partial charge in [-0.25, -0.2) is 8.42 Å². The highest BCUT2D eigenvalue weighted by Gasteiger charge is 2.51. The van der Waals surface area contributed by atoms with Gasteiger partial charge in [0.1, 0.15) is 0 Å². The summed E-state index contributed by atoms with van der Waals surface area (Å²) in [4.78, 5) is 4.44. The molecule has 0 amide bonds. The lowest BCUT2D eigenvalue weighted by Gasteiger charge is -2.52. The second-order valence-corrected chi connectivity index (χ2v) is 8.65. The molecule has 0 saturated carbocycles. The molecule has 2 fully saturated rings. The van der Waals surface area contributed by atoms with E-state index in [0.29, 0.717) is 26.3 Å². The van der Waals surface area contributed by atoms with Gasteiger partial charge in [-0.15, -0.1) is 0 Å². The fraction of sp³-hybridized carbons (Fsp3) is 0.688. The topological polar surface area (TPSA) is 68.7 Å². The number of aromatic nitrogens is 1. The Bertz CT molecular complexity index is 656. The number of aryl methyl sites for hydroxylation is 1. The van der Waals surface area contributed by atoms with Crippen LogP contribution in [0, 0.1) is 6.92 Å². The van der Waals surface area contributed by atoms with Crippen LogP contribution in [0.25, 0.3) is 0 Å². The Hall–Kier alpha value is -1.02. The van der Waals surface area contributed by atoms with E-state index >= 15 is 0 Å². The highest BCUT2D eigenvalue weighted by Crippen LogP contribution is 2.37. The van der Waals surface area contributed by atoms with Gasteiger partial charge in [0.2, 0.25) is 10.0 Å². The quantitative estimate of drug-likeness (QED) is 0.812. The largest absolute Gasteiger partial charge is 0.372 e. The van der Waals surface area contributed by atoms with Gasteiger partial charge in [-0.1, -0.05) is 6.07 Å². The fourth-order valence-electron chi connectivity index (χ4n) is 3.20. The van der Waals surface area contributed by atoms with Crippen molar-refractivity contribution < 1.29 is 17.9 Å². The molecule has 0 radical (unpaired) electrons. The molecule has 7 heteroatoms.